The third-order valence-electron chi connectivity index (χ3n) is 18.6. The number of aliphatic hydroxyl groups excluding tert-OH is 1. The molecule has 0 aromatic carbocycles. The van der Waals surface area contributed by atoms with Crippen LogP contribution in [0.4, 0.5) is 0 Å². The van der Waals surface area contributed by atoms with Crippen molar-refractivity contribution in [3.8, 4) is 0 Å². The van der Waals surface area contributed by atoms with E-state index in [0.29, 0.717) is 31.6 Å². The highest BCUT2D eigenvalue weighted by molar-refractivity contribution is 7.47. The second-order valence-electron chi connectivity index (χ2n) is 30.7. The van der Waals surface area contributed by atoms with Crippen molar-refractivity contribution in [2.75, 3.05) is 39.6 Å². The van der Waals surface area contributed by atoms with E-state index in [9.17, 15) is 43.2 Å². The molecule has 5 atom stereocenters. The van der Waals surface area contributed by atoms with Gasteiger partial charge in [0, 0.05) is 25.7 Å². The molecule has 0 fully saturated rings. The molecule has 3 unspecified atom stereocenters. The lowest BCUT2D eigenvalue weighted by molar-refractivity contribution is -0.161. The van der Waals surface area contributed by atoms with Gasteiger partial charge in [-0.1, -0.05) is 357 Å². The zero-order valence-electron chi connectivity index (χ0n) is 65.1. The van der Waals surface area contributed by atoms with E-state index in [-0.39, 0.29) is 25.7 Å². The topological polar surface area (TPSA) is 237 Å². The summed E-state index contributed by atoms with van der Waals surface area (Å²) in [6.07, 6.45) is 55.7. The Balaban J connectivity index is 5.21. The van der Waals surface area contributed by atoms with Crippen LogP contribution in [0.3, 0.4) is 0 Å². The first-order chi connectivity index (χ1) is 47.6. The number of carbonyl (C=O) groups excluding carboxylic acids is 4. The van der Waals surface area contributed by atoms with Crippen LogP contribution in [0.2, 0.25) is 0 Å². The third-order valence-corrected chi connectivity index (χ3v) is 20.5. The lowest BCUT2D eigenvalue weighted by Gasteiger charge is -2.21. The minimum atomic E-state index is -4.96. The van der Waals surface area contributed by atoms with E-state index < -0.39 is 97.5 Å². The van der Waals surface area contributed by atoms with Crippen molar-refractivity contribution < 1.29 is 80.2 Å². The molecule has 588 valence electrons. The van der Waals surface area contributed by atoms with Crippen LogP contribution in [0.25, 0.3) is 0 Å². The van der Waals surface area contributed by atoms with Crippen molar-refractivity contribution in [1.29, 1.82) is 0 Å². The molecule has 0 saturated carbocycles. The average Bonchev–Trinajstić information content (AvgIpc) is 0.976. The predicted octanol–water partition coefficient (Wildman–Crippen LogP) is 23.6. The number of aliphatic hydroxyl groups is 1. The number of phosphoric ester groups is 2. The van der Waals surface area contributed by atoms with E-state index in [1.54, 1.807) is 0 Å². The summed E-state index contributed by atoms with van der Waals surface area (Å²) in [6.45, 7) is 14.2. The summed E-state index contributed by atoms with van der Waals surface area (Å²) in [5, 5.41) is 10.6. The summed E-state index contributed by atoms with van der Waals surface area (Å²) in [5.41, 5.74) is 0. The number of hydrogen-bond acceptors (Lipinski definition) is 15. The Morgan fingerprint density at radius 2 is 0.424 bits per heavy atom. The Bertz CT molecular complexity index is 1940. The molecule has 0 rings (SSSR count). The Morgan fingerprint density at radius 3 is 0.626 bits per heavy atom. The highest BCUT2D eigenvalue weighted by Crippen LogP contribution is 2.45. The van der Waals surface area contributed by atoms with E-state index in [4.69, 9.17) is 37.0 Å². The van der Waals surface area contributed by atoms with Crippen molar-refractivity contribution in [2.24, 2.45) is 23.7 Å². The summed E-state index contributed by atoms with van der Waals surface area (Å²) in [6, 6.07) is 0. The fraction of sp³-hybridized carbons (Fsp3) is 0.950. The normalized spacial score (nSPS) is 14.1. The van der Waals surface area contributed by atoms with E-state index in [1.807, 2.05) is 0 Å². The average molecular weight is 1450 g/mol. The number of hydrogen-bond donors (Lipinski definition) is 3. The molecule has 0 bridgehead atoms. The zero-order valence-corrected chi connectivity index (χ0v) is 66.9. The van der Waals surface area contributed by atoms with Crippen LogP contribution in [0.5, 0.6) is 0 Å². The van der Waals surface area contributed by atoms with E-state index >= 15 is 0 Å². The van der Waals surface area contributed by atoms with Gasteiger partial charge in [0.15, 0.2) is 12.2 Å². The van der Waals surface area contributed by atoms with Crippen LogP contribution in [-0.2, 0) is 65.4 Å². The highest BCUT2D eigenvalue weighted by atomic mass is 31.2. The number of ether oxygens (including phenoxy) is 4. The summed E-state index contributed by atoms with van der Waals surface area (Å²) in [4.78, 5) is 72.9. The van der Waals surface area contributed by atoms with Crippen LogP contribution in [-0.4, -0.2) is 96.7 Å². The molecule has 0 radical (unpaired) electrons. The largest absolute Gasteiger partial charge is 0.472 e. The van der Waals surface area contributed by atoms with Gasteiger partial charge in [0.05, 0.1) is 26.4 Å². The molecule has 99 heavy (non-hydrogen) atoms. The van der Waals surface area contributed by atoms with E-state index in [0.717, 1.165) is 114 Å². The standard InChI is InChI=1S/C80H156O17P2/c1-70(2)56-48-40-32-26-20-15-11-9-10-12-17-23-29-35-44-52-60-77(82)90-66-75(96-80(85)63-55-47-37-31-25-19-22-28-34-42-50-58-72(5)6)68-94-98(86,87)92-64-74(81)65-93-99(88,89)95-69-76(67-91-78(83)61-53-45-39-38-43-51-59-73(7)8)97-79(84)62-54-46-36-30-24-18-14-13-16-21-27-33-41-49-57-71(3)4/h70-76,81H,9-69H2,1-8H3,(H,86,87)(H,88,89)/t74?,75-,76-/m1/s1. The Morgan fingerprint density at radius 1 is 0.253 bits per heavy atom. The summed E-state index contributed by atoms with van der Waals surface area (Å²) < 4.78 is 68.6. The first-order valence-electron chi connectivity index (χ1n) is 41.2. The summed E-state index contributed by atoms with van der Waals surface area (Å²) in [5.74, 6) is 0.935. The second kappa shape index (κ2) is 69.1. The maximum Gasteiger partial charge on any atom is 0.472 e. The molecule has 0 aliphatic heterocycles. The molecule has 17 nitrogen and oxygen atoms in total. The van der Waals surface area contributed by atoms with Gasteiger partial charge in [-0.3, -0.25) is 37.3 Å². The Kier molecular flexibility index (Phi) is 67.8. The Labute approximate surface area is 607 Å². The maximum atomic E-state index is 13.1. The fourth-order valence-corrected chi connectivity index (χ4v) is 13.8. The third kappa shape index (κ3) is 74.1. The second-order valence-corrected chi connectivity index (χ2v) is 33.6. The van der Waals surface area contributed by atoms with Crippen LogP contribution in [0.1, 0.15) is 409 Å². The van der Waals surface area contributed by atoms with Crippen molar-refractivity contribution in [3.05, 3.63) is 0 Å². The van der Waals surface area contributed by atoms with Gasteiger partial charge in [0.25, 0.3) is 0 Å². The molecule has 0 aliphatic rings. The monoisotopic (exact) mass is 1450 g/mol. The van der Waals surface area contributed by atoms with Crippen LogP contribution in [0, 0.1) is 23.7 Å². The van der Waals surface area contributed by atoms with E-state index in [1.165, 1.54) is 205 Å². The van der Waals surface area contributed by atoms with Crippen LogP contribution >= 0.6 is 15.6 Å². The van der Waals surface area contributed by atoms with Gasteiger partial charge in [-0.15, -0.1) is 0 Å². The van der Waals surface area contributed by atoms with Gasteiger partial charge in [-0.05, 0) is 49.4 Å². The van der Waals surface area contributed by atoms with Crippen LogP contribution in [0.15, 0.2) is 0 Å². The quantitative estimate of drug-likeness (QED) is 0.0222. The molecular formula is C80H156O17P2. The van der Waals surface area contributed by atoms with Gasteiger partial charge < -0.3 is 33.8 Å². The van der Waals surface area contributed by atoms with Gasteiger partial charge in [0.2, 0.25) is 0 Å². The number of carbonyl (C=O) groups is 4. The number of phosphoric acid groups is 2. The molecule has 3 N–H and O–H groups in total. The zero-order chi connectivity index (χ0) is 73.1. The molecule has 0 spiro atoms. The molecule has 0 aliphatic carbocycles. The van der Waals surface area contributed by atoms with E-state index in [2.05, 4.69) is 55.4 Å². The number of esters is 4. The first-order valence-corrected chi connectivity index (χ1v) is 44.2. The van der Waals surface area contributed by atoms with Crippen molar-refractivity contribution in [2.45, 2.75) is 427 Å². The molecule has 0 aromatic rings. The SMILES string of the molecule is CC(C)CCCCCCCCCCCCCCCCCCC(=O)OC[C@H](COP(=O)(O)OCC(O)COP(=O)(O)OC[C@@H](COC(=O)CCCCCCCCC(C)C)OC(=O)CCCCCCCCCCCCCCCCC(C)C)OC(=O)CCCCCCCCCCCCCC(C)C. The smallest absolute Gasteiger partial charge is 0.462 e. The molecule has 0 amide bonds. The maximum absolute atomic E-state index is 13.1. The molecule has 0 aromatic heterocycles. The summed E-state index contributed by atoms with van der Waals surface area (Å²) in [7, 11) is -9.92. The van der Waals surface area contributed by atoms with Gasteiger partial charge in [-0.25, -0.2) is 9.13 Å². The molecule has 0 heterocycles. The van der Waals surface area contributed by atoms with Gasteiger partial charge in [0.1, 0.15) is 19.3 Å². The fourth-order valence-electron chi connectivity index (χ4n) is 12.3. The minimum absolute atomic E-state index is 0.106. The minimum Gasteiger partial charge on any atom is -0.462 e. The highest BCUT2D eigenvalue weighted by Gasteiger charge is 2.30. The molecular weight excluding hydrogens is 1290 g/mol. The first kappa shape index (κ1) is 97.1. The van der Waals surface area contributed by atoms with Crippen molar-refractivity contribution >= 4 is 39.5 Å². The lowest BCUT2D eigenvalue weighted by Crippen LogP contribution is -2.30. The van der Waals surface area contributed by atoms with Gasteiger partial charge >= 0.3 is 39.5 Å². The summed E-state index contributed by atoms with van der Waals surface area (Å²) >= 11 is 0. The number of rotatable bonds is 77. The van der Waals surface area contributed by atoms with Gasteiger partial charge in [-0.2, -0.15) is 0 Å². The molecule has 0 saturated heterocycles. The molecule has 19 heteroatoms. The van der Waals surface area contributed by atoms with Crippen molar-refractivity contribution in [1.82, 2.24) is 0 Å². The lowest BCUT2D eigenvalue weighted by atomic mass is 10.0. The van der Waals surface area contributed by atoms with Crippen LogP contribution < -0.4 is 0 Å². The predicted molar refractivity (Wildman–Crippen MR) is 404 cm³/mol. The Hall–Kier alpha value is -1.94. The van der Waals surface area contributed by atoms with Crippen molar-refractivity contribution in [3.63, 3.8) is 0 Å². The number of unbranched alkanes of at least 4 members (excludes halogenated alkanes) is 43.